The van der Waals surface area contributed by atoms with Crippen molar-refractivity contribution in [3.63, 3.8) is 0 Å². The molecule has 1 fully saturated rings. The van der Waals surface area contributed by atoms with Crippen molar-refractivity contribution in [3.05, 3.63) is 89.5 Å². The lowest BCUT2D eigenvalue weighted by atomic mass is 9.87. The number of hydrogen-bond donors (Lipinski definition) is 1. The minimum Gasteiger partial charge on any atom is -0.496 e. The highest BCUT2D eigenvalue weighted by Crippen LogP contribution is 2.32. The molecule has 1 aliphatic rings. The normalized spacial score (nSPS) is 16.5. The second-order valence-electron chi connectivity index (χ2n) is 13.2. The molecule has 3 aromatic carbocycles. The van der Waals surface area contributed by atoms with E-state index < -0.39 is 15.6 Å². The Bertz CT molecular complexity index is 1590. The number of hydrogen-bond acceptors (Lipinski definition) is 9. The molecule has 1 saturated heterocycles. The number of methoxy groups -OCH3 is 1. The average Bonchev–Trinajstić information content (AvgIpc) is 3.08. The SMILES string of the molecule is COc1ccccc1COCCCOc1ccc(C2CCN(C(=O)OC(C)(C)C)CC2OCCOc2ccccc2CCNS(C)(=O)=O)cc1. The predicted octanol–water partition coefficient (Wildman–Crippen LogP) is 5.96. The lowest BCUT2D eigenvalue weighted by Crippen LogP contribution is -2.48. The van der Waals surface area contributed by atoms with Crippen LogP contribution >= 0.6 is 0 Å². The molecule has 0 radical (unpaired) electrons. The summed E-state index contributed by atoms with van der Waals surface area (Å²) in [6, 6.07) is 23.5. The van der Waals surface area contributed by atoms with E-state index in [-0.39, 0.29) is 24.7 Å². The summed E-state index contributed by atoms with van der Waals surface area (Å²) in [5, 5.41) is 0. The molecule has 1 aliphatic heterocycles. The number of carbonyl (C=O) groups is 1. The molecular weight excluding hydrogens is 660 g/mol. The monoisotopic (exact) mass is 712 g/mol. The summed E-state index contributed by atoms with van der Waals surface area (Å²) in [4.78, 5) is 14.7. The molecule has 12 heteroatoms. The molecule has 4 rings (SSSR count). The van der Waals surface area contributed by atoms with Gasteiger partial charge in [0.05, 0.1) is 52.4 Å². The standard InChI is InChI=1S/C38H52N2O9S/c1-38(2,3)49-37(41)40-22-20-33(36(27-40)48-26-25-47-35-14-9-6-11-30(35)19-21-39-50(5,42)43)29-15-17-32(18-16-29)46-24-10-23-45-28-31-12-7-8-13-34(31)44-4/h6-9,11-18,33,36,39H,10,19-28H2,1-5H3. The highest BCUT2D eigenvalue weighted by Gasteiger charge is 2.35. The first-order chi connectivity index (χ1) is 23.9. The number of rotatable bonds is 18. The van der Waals surface area contributed by atoms with Gasteiger partial charge in [0, 0.05) is 31.0 Å². The fourth-order valence-electron chi connectivity index (χ4n) is 5.70. The van der Waals surface area contributed by atoms with Crippen molar-refractivity contribution in [2.24, 2.45) is 0 Å². The van der Waals surface area contributed by atoms with Gasteiger partial charge in [0.15, 0.2) is 0 Å². The van der Waals surface area contributed by atoms with Crippen LogP contribution in [0.3, 0.4) is 0 Å². The third-order valence-corrected chi connectivity index (χ3v) is 8.80. The van der Waals surface area contributed by atoms with Gasteiger partial charge in [0.1, 0.15) is 29.5 Å². The first-order valence-corrected chi connectivity index (χ1v) is 19.0. The maximum atomic E-state index is 13.0. The van der Waals surface area contributed by atoms with E-state index in [1.165, 1.54) is 0 Å². The second kappa shape index (κ2) is 19.0. The van der Waals surface area contributed by atoms with Crippen molar-refractivity contribution >= 4 is 16.1 Å². The summed E-state index contributed by atoms with van der Waals surface area (Å²) in [7, 11) is -1.62. The van der Waals surface area contributed by atoms with Crippen molar-refractivity contribution < 1.29 is 41.6 Å². The van der Waals surface area contributed by atoms with Crippen molar-refractivity contribution in [3.8, 4) is 17.2 Å². The molecule has 0 saturated carbocycles. The van der Waals surface area contributed by atoms with E-state index in [4.69, 9.17) is 28.4 Å². The van der Waals surface area contributed by atoms with Crippen LogP contribution in [0.2, 0.25) is 0 Å². The van der Waals surface area contributed by atoms with Crippen molar-refractivity contribution in [2.75, 3.05) is 59.4 Å². The molecule has 1 heterocycles. The Morgan fingerprint density at radius 1 is 0.880 bits per heavy atom. The molecule has 274 valence electrons. The maximum Gasteiger partial charge on any atom is 0.410 e. The van der Waals surface area contributed by atoms with Gasteiger partial charge in [-0.2, -0.15) is 0 Å². The largest absolute Gasteiger partial charge is 0.496 e. The zero-order valence-electron chi connectivity index (χ0n) is 29.9. The number of carbonyl (C=O) groups excluding carboxylic acids is 1. The molecule has 2 unspecified atom stereocenters. The third kappa shape index (κ3) is 13.1. The van der Waals surface area contributed by atoms with Gasteiger partial charge in [-0.3, -0.25) is 0 Å². The Balaban J connectivity index is 1.30. The van der Waals surface area contributed by atoms with E-state index in [1.54, 1.807) is 12.0 Å². The summed E-state index contributed by atoms with van der Waals surface area (Å²) in [6.07, 6.45) is 2.47. The highest BCUT2D eigenvalue weighted by molar-refractivity contribution is 7.88. The summed E-state index contributed by atoms with van der Waals surface area (Å²) < 4.78 is 60.8. The van der Waals surface area contributed by atoms with Crippen LogP contribution in [0.25, 0.3) is 0 Å². The van der Waals surface area contributed by atoms with Crippen LogP contribution < -0.4 is 18.9 Å². The number of amides is 1. The van der Waals surface area contributed by atoms with Crippen LogP contribution in [-0.2, 0) is 37.3 Å². The van der Waals surface area contributed by atoms with Crippen LogP contribution in [0, 0.1) is 0 Å². The molecule has 1 N–H and O–H groups in total. The summed E-state index contributed by atoms with van der Waals surface area (Å²) in [6.45, 7) is 8.98. The Labute approximate surface area is 297 Å². The number of ether oxygens (including phenoxy) is 6. The van der Waals surface area contributed by atoms with Gasteiger partial charge < -0.3 is 33.3 Å². The topological polar surface area (TPSA) is 122 Å². The number of benzene rings is 3. The predicted molar refractivity (Wildman–Crippen MR) is 193 cm³/mol. The van der Waals surface area contributed by atoms with Gasteiger partial charge in [0.25, 0.3) is 0 Å². The molecule has 1 amide bonds. The molecule has 0 bridgehead atoms. The minimum atomic E-state index is -3.27. The van der Waals surface area contributed by atoms with Crippen molar-refractivity contribution in [1.29, 1.82) is 0 Å². The van der Waals surface area contributed by atoms with Gasteiger partial charge in [-0.15, -0.1) is 0 Å². The number of likely N-dealkylation sites (tertiary alicyclic amines) is 1. The third-order valence-electron chi connectivity index (χ3n) is 8.07. The Morgan fingerprint density at radius 2 is 1.58 bits per heavy atom. The Hall–Kier alpha value is -3.84. The fourth-order valence-corrected chi connectivity index (χ4v) is 6.17. The first-order valence-electron chi connectivity index (χ1n) is 17.1. The van der Waals surface area contributed by atoms with Crippen molar-refractivity contribution in [2.45, 2.75) is 64.3 Å². The summed E-state index contributed by atoms with van der Waals surface area (Å²) in [5.74, 6) is 2.34. The Morgan fingerprint density at radius 3 is 2.28 bits per heavy atom. The summed E-state index contributed by atoms with van der Waals surface area (Å²) in [5.41, 5.74) is 2.43. The fraction of sp³-hybridized carbons (Fsp3) is 0.500. The molecule has 3 aromatic rings. The van der Waals surface area contributed by atoms with E-state index in [0.717, 1.165) is 40.9 Å². The number of para-hydroxylation sites is 2. The quantitative estimate of drug-likeness (QED) is 0.159. The Kier molecular flexibility index (Phi) is 14.8. The number of nitrogens with zero attached hydrogens (tertiary/aromatic N) is 1. The zero-order valence-corrected chi connectivity index (χ0v) is 30.7. The van der Waals surface area contributed by atoms with E-state index >= 15 is 0 Å². The first kappa shape index (κ1) is 39.0. The molecule has 0 spiro atoms. The molecule has 0 aliphatic carbocycles. The van der Waals surface area contributed by atoms with Gasteiger partial charge in [0.2, 0.25) is 10.0 Å². The number of nitrogens with one attached hydrogen (secondary N) is 1. The van der Waals surface area contributed by atoms with Gasteiger partial charge in [-0.25, -0.2) is 17.9 Å². The number of piperidine rings is 1. The molecule has 2 atom stereocenters. The second-order valence-corrected chi connectivity index (χ2v) is 15.1. The smallest absolute Gasteiger partial charge is 0.410 e. The van der Waals surface area contributed by atoms with Crippen LogP contribution in [0.15, 0.2) is 72.8 Å². The average molecular weight is 713 g/mol. The van der Waals surface area contributed by atoms with Crippen LogP contribution in [0.5, 0.6) is 17.2 Å². The van der Waals surface area contributed by atoms with Crippen LogP contribution in [0.1, 0.15) is 56.2 Å². The minimum absolute atomic E-state index is 0.0560. The lowest BCUT2D eigenvalue weighted by Gasteiger charge is -2.39. The number of sulfonamides is 1. The van der Waals surface area contributed by atoms with Gasteiger partial charge in [-0.1, -0.05) is 48.5 Å². The van der Waals surface area contributed by atoms with Gasteiger partial charge >= 0.3 is 6.09 Å². The molecule has 50 heavy (non-hydrogen) atoms. The summed E-state index contributed by atoms with van der Waals surface area (Å²) >= 11 is 0. The van der Waals surface area contributed by atoms with Crippen molar-refractivity contribution in [1.82, 2.24) is 9.62 Å². The zero-order chi connectivity index (χ0) is 36.0. The van der Waals surface area contributed by atoms with Crippen LogP contribution in [0.4, 0.5) is 4.79 Å². The van der Waals surface area contributed by atoms with E-state index in [0.29, 0.717) is 64.7 Å². The van der Waals surface area contributed by atoms with E-state index in [9.17, 15) is 13.2 Å². The highest BCUT2D eigenvalue weighted by atomic mass is 32.2. The van der Waals surface area contributed by atoms with Gasteiger partial charge in [-0.05, 0) is 69.0 Å². The van der Waals surface area contributed by atoms with E-state index in [1.807, 2.05) is 81.4 Å². The molecular formula is C38H52N2O9S. The van der Waals surface area contributed by atoms with Crippen LogP contribution in [-0.4, -0.2) is 90.5 Å². The molecule has 11 nitrogen and oxygen atoms in total. The van der Waals surface area contributed by atoms with E-state index in [2.05, 4.69) is 16.9 Å². The maximum absolute atomic E-state index is 13.0. The lowest BCUT2D eigenvalue weighted by molar-refractivity contribution is -0.0358. The molecule has 0 aromatic heterocycles.